The third-order valence-electron chi connectivity index (χ3n) is 5.49. The summed E-state index contributed by atoms with van der Waals surface area (Å²) in [6.45, 7) is 0. The normalized spacial score (nSPS) is 11.7. The predicted molar refractivity (Wildman–Crippen MR) is 135 cm³/mol. The van der Waals surface area contributed by atoms with Crippen LogP contribution in [0.15, 0.2) is 99.2 Å². The number of hydrogen-bond donors (Lipinski definition) is 1. The van der Waals surface area contributed by atoms with Gasteiger partial charge in [0.25, 0.3) is 5.56 Å². The number of benzene rings is 3. The largest absolute Gasteiger partial charge is 0.455 e. The van der Waals surface area contributed by atoms with Crippen LogP contribution in [0.3, 0.4) is 0 Å². The molecule has 6 rings (SSSR count). The standard InChI is InChI=1S/C26H16ClN5O2/c27-17-11-9-16(10-12-17)23-14-13-18(34-23)15-28-30-24-19-5-1-2-6-20(19)25-29-22-8-4-3-7-21(22)26(33)32(25)31-24/h1-15H,(H,30,31). The quantitative estimate of drug-likeness (QED) is 0.155. The Morgan fingerprint density at radius 3 is 2.44 bits per heavy atom. The maximum atomic E-state index is 13.1. The van der Waals surface area contributed by atoms with E-state index in [0.29, 0.717) is 38.9 Å². The molecule has 0 saturated heterocycles. The topological polar surface area (TPSA) is 84.8 Å². The summed E-state index contributed by atoms with van der Waals surface area (Å²) in [5.41, 5.74) is 4.75. The zero-order valence-electron chi connectivity index (χ0n) is 17.6. The summed E-state index contributed by atoms with van der Waals surface area (Å²) in [4.78, 5) is 17.8. The molecule has 0 aliphatic rings. The molecule has 7 nitrogen and oxygen atoms in total. The lowest BCUT2D eigenvalue weighted by atomic mass is 10.1. The lowest BCUT2D eigenvalue weighted by Crippen LogP contribution is -2.19. The van der Waals surface area contributed by atoms with Crippen LogP contribution in [0, 0.1) is 0 Å². The van der Waals surface area contributed by atoms with Crippen molar-refractivity contribution < 1.29 is 4.42 Å². The number of furan rings is 1. The molecule has 0 aliphatic heterocycles. The minimum atomic E-state index is -0.239. The minimum Gasteiger partial charge on any atom is -0.455 e. The molecule has 164 valence electrons. The van der Waals surface area contributed by atoms with Crippen LogP contribution in [-0.4, -0.2) is 20.8 Å². The number of nitrogens with zero attached hydrogens (tertiary/aromatic N) is 4. The van der Waals surface area contributed by atoms with Gasteiger partial charge >= 0.3 is 0 Å². The molecule has 0 fully saturated rings. The molecular weight excluding hydrogens is 450 g/mol. The highest BCUT2D eigenvalue weighted by atomic mass is 35.5. The molecule has 3 heterocycles. The molecule has 0 atom stereocenters. The summed E-state index contributed by atoms with van der Waals surface area (Å²) in [6.07, 6.45) is 1.56. The molecule has 0 amide bonds. The summed E-state index contributed by atoms with van der Waals surface area (Å²) < 4.78 is 7.17. The fourth-order valence-electron chi connectivity index (χ4n) is 3.86. The van der Waals surface area contributed by atoms with Gasteiger partial charge in [-0.3, -0.25) is 10.2 Å². The lowest BCUT2D eigenvalue weighted by Gasteiger charge is -2.09. The number of rotatable bonds is 4. The van der Waals surface area contributed by atoms with Gasteiger partial charge in [0.1, 0.15) is 11.5 Å². The number of halogens is 1. The van der Waals surface area contributed by atoms with Gasteiger partial charge in [0, 0.05) is 21.4 Å². The summed E-state index contributed by atoms with van der Waals surface area (Å²) in [5, 5.41) is 11.6. The average Bonchev–Trinajstić information content (AvgIpc) is 3.34. The Morgan fingerprint density at radius 2 is 1.62 bits per heavy atom. The molecule has 0 bridgehead atoms. The predicted octanol–water partition coefficient (Wildman–Crippen LogP) is 5.76. The van der Waals surface area contributed by atoms with Gasteiger partial charge in [-0.2, -0.15) is 9.62 Å². The van der Waals surface area contributed by atoms with Crippen LogP contribution >= 0.6 is 11.6 Å². The molecular formula is C26H16ClN5O2. The van der Waals surface area contributed by atoms with Gasteiger partial charge in [0.2, 0.25) is 0 Å². The fourth-order valence-corrected chi connectivity index (χ4v) is 3.99. The average molecular weight is 466 g/mol. The molecule has 0 unspecified atom stereocenters. The molecule has 0 saturated carbocycles. The second kappa shape index (κ2) is 8.13. The van der Waals surface area contributed by atoms with Crippen LogP contribution in [-0.2, 0) is 0 Å². The van der Waals surface area contributed by atoms with E-state index in [0.717, 1.165) is 16.3 Å². The van der Waals surface area contributed by atoms with Gasteiger partial charge in [-0.05, 0) is 48.5 Å². The summed E-state index contributed by atoms with van der Waals surface area (Å²) in [6, 6.07) is 25.9. The first-order valence-electron chi connectivity index (χ1n) is 10.5. The van der Waals surface area contributed by atoms with E-state index in [1.165, 1.54) is 4.52 Å². The summed E-state index contributed by atoms with van der Waals surface area (Å²) in [7, 11) is 0. The molecule has 0 radical (unpaired) electrons. The Labute approximate surface area is 197 Å². The van der Waals surface area contributed by atoms with Crippen LogP contribution in [0.25, 0.3) is 38.6 Å². The number of para-hydroxylation sites is 1. The van der Waals surface area contributed by atoms with Crippen molar-refractivity contribution in [2.75, 3.05) is 5.43 Å². The number of nitrogens with one attached hydrogen (secondary N) is 1. The highest BCUT2D eigenvalue weighted by Gasteiger charge is 2.13. The number of hydrazone groups is 1. The third-order valence-corrected chi connectivity index (χ3v) is 5.75. The Hall–Kier alpha value is -4.49. The van der Waals surface area contributed by atoms with E-state index in [1.54, 1.807) is 12.3 Å². The number of aromatic nitrogens is 3. The van der Waals surface area contributed by atoms with Crippen molar-refractivity contribution in [2.24, 2.45) is 5.10 Å². The van der Waals surface area contributed by atoms with Crippen molar-refractivity contribution in [3.05, 3.63) is 106 Å². The molecule has 3 aromatic heterocycles. The monoisotopic (exact) mass is 465 g/mol. The van der Waals surface area contributed by atoms with E-state index in [9.17, 15) is 4.79 Å². The molecule has 34 heavy (non-hydrogen) atoms. The lowest BCUT2D eigenvalue weighted by molar-refractivity contribution is 0.575. The molecule has 0 aliphatic carbocycles. The van der Waals surface area contributed by atoms with Crippen molar-refractivity contribution in [3.8, 4) is 11.3 Å². The van der Waals surface area contributed by atoms with Crippen LogP contribution in [0.4, 0.5) is 5.82 Å². The number of fused-ring (bicyclic) bond motifs is 4. The number of hydrogen-bond acceptors (Lipinski definition) is 6. The van der Waals surface area contributed by atoms with Gasteiger partial charge in [0.05, 0.1) is 17.1 Å². The van der Waals surface area contributed by atoms with Crippen LogP contribution in [0.1, 0.15) is 5.76 Å². The first-order chi connectivity index (χ1) is 16.7. The molecule has 3 aromatic carbocycles. The molecule has 0 spiro atoms. The molecule has 1 N–H and O–H groups in total. The Morgan fingerprint density at radius 1 is 0.882 bits per heavy atom. The van der Waals surface area contributed by atoms with E-state index < -0.39 is 0 Å². The molecule has 8 heteroatoms. The van der Waals surface area contributed by atoms with Gasteiger partial charge in [0.15, 0.2) is 11.5 Å². The van der Waals surface area contributed by atoms with E-state index in [-0.39, 0.29) is 5.56 Å². The highest BCUT2D eigenvalue weighted by molar-refractivity contribution is 6.30. The van der Waals surface area contributed by atoms with E-state index >= 15 is 0 Å². The Kier molecular flexibility index (Phi) is 4.82. The maximum absolute atomic E-state index is 13.1. The Bertz CT molecular complexity index is 1770. The second-order valence-corrected chi connectivity index (χ2v) is 8.08. The first kappa shape index (κ1) is 20.1. The van der Waals surface area contributed by atoms with Crippen molar-refractivity contribution in [1.82, 2.24) is 14.6 Å². The van der Waals surface area contributed by atoms with Gasteiger partial charge < -0.3 is 4.42 Å². The summed E-state index contributed by atoms with van der Waals surface area (Å²) >= 11 is 5.96. The van der Waals surface area contributed by atoms with Gasteiger partial charge in [-0.15, -0.1) is 5.10 Å². The smallest absolute Gasteiger partial charge is 0.282 e. The minimum absolute atomic E-state index is 0.239. The van der Waals surface area contributed by atoms with Crippen molar-refractivity contribution in [3.63, 3.8) is 0 Å². The Balaban J connectivity index is 1.38. The van der Waals surface area contributed by atoms with E-state index in [4.69, 9.17) is 16.0 Å². The van der Waals surface area contributed by atoms with Crippen molar-refractivity contribution >= 4 is 51.0 Å². The van der Waals surface area contributed by atoms with E-state index in [2.05, 4.69) is 20.6 Å². The maximum Gasteiger partial charge on any atom is 0.282 e. The van der Waals surface area contributed by atoms with Crippen LogP contribution in [0.2, 0.25) is 5.02 Å². The van der Waals surface area contributed by atoms with Crippen molar-refractivity contribution in [1.29, 1.82) is 0 Å². The number of anilines is 1. The third kappa shape index (κ3) is 3.48. The second-order valence-electron chi connectivity index (χ2n) is 7.64. The zero-order valence-corrected chi connectivity index (χ0v) is 18.4. The van der Waals surface area contributed by atoms with Crippen LogP contribution in [0.5, 0.6) is 0 Å². The van der Waals surface area contributed by atoms with Crippen LogP contribution < -0.4 is 11.0 Å². The highest BCUT2D eigenvalue weighted by Crippen LogP contribution is 2.25. The van der Waals surface area contributed by atoms with E-state index in [1.807, 2.05) is 78.9 Å². The first-order valence-corrected chi connectivity index (χ1v) is 10.9. The van der Waals surface area contributed by atoms with Gasteiger partial charge in [-0.25, -0.2) is 4.98 Å². The van der Waals surface area contributed by atoms with Gasteiger partial charge in [-0.1, -0.05) is 48.0 Å². The zero-order chi connectivity index (χ0) is 23.1. The molecule has 6 aromatic rings. The fraction of sp³-hybridized carbons (Fsp3) is 0. The SMILES string of the molecule is O=c1c2ccccc2nc2c3ccccc3c(NN=Cc3ccc(-c4ccc(Cl)cc4)o3)nn12. The summed E-state index contributed by atoms with van der Waals surface area (Å²) in [5.74, 6) is 1.70. The van der Waals surface area contributed by atoms with Crippen molar-refractivity contribution in [2.45, 2.75) is 0 Å².